The number of nitrogens with one attached hydrogen (secondary N) is 1. The molecular formula is C19H19FN4O2. The van der Waals surface area contributed by atoms with Crippen LogP contribution in [0.25, 0.3) is 17.1 Å². The van der Waals surface area contributed by atoms with Gasteiger partial charge in [0.15, 0.2) is 17.2 Å². The minimum Gasteiger partial charge on any atom is -0.494 e. The van der Waals surface area contributed by atoms with E-state index in [-0.39, 0.29) is 17.7 Å². The van der Waals surface area contributed by atoms with Crippen LogP contribution >= 0.6 is 0 Å². The molecule has 2 aromatic heterocycles. The first-order chi connectivity index (χ1) is 12.5. The van der Waals surface area contributed by atoms with Crippen LogP contribution in [0.4, 0.5) is 10.1 Å². The predicted octanol–water partition coefficient (Wildman–Crippen LogP) is 3.81. The Morgan fingerprint density at radius 1 is 1.31 bits per heavy atom. The van der Waals surface area contributed by atoms with E-state index < -0.39 is 5.82 Å². The van der Waals surface area contributed by atoms with E-state index in [1.807, 2.05) is 24.6 Å². The topological polar surface area (TPSA) is 69.0 Å². The number of amides is 1. The van der Waals surface area contributed by atoms with Crippen molar-refractivity contribution in [3.8, 4) is 5.75 Å². The fourth-order valence-corrected chi connectivity index (χ4v) is 2.53. The highest BCUT2D eigenvalue weighted by Gasteiger charge is 2.08. The molecule has 3 aromatic rings. The molecule has 0 aliphatic carbocycles. The summed E-state index contributed by atoms with van der Waals surface area (Å²) in [5.41, 5.74) is 1.89. The summed E-state index contributed by atoms with van der Waals surface area (Å²) in [6.07, 6.45) is 6.17. The number of anilines is 1. The minimum atomic E-state index is -0.480. The molecule has 1 amide bonds. The summed E-state index contributed by atoms with van der Waals surface area (Å²) in [7, 11) is 1.40. The first kappa shape index (κ1) is 17.6. The summed E-state index contributed by atoms with van der Waals surface area (Å²) in [6, 6.07) is 6.49. The van der Waals surface area contributed by atoms with Gasteiger partial charge in [0, 0.05) is 17.5 Å². The molecule has 0 radical (unpaired) electrons. The molecule has 0 atom stereocenters. The van der Waals surface area contributed by atoms with Gasteiger partial charge in [-0.05, 0) is 43.7 Å². The fourth-order valence-electron chi connectivity index (χ4n) is 2.53. The number of hydrogen-bond acceptors (Lipinski definition) is 4. The highest BCUT2D eigenvalue weighted by Crippen LogP contribution is 2.20. The molecule has 6 nitrogen and oxygen atoms in total. The smallest absolute Gasteiger partial charge is 0.248 e. The van der Waals surface area contributed by atoms with E-state index in [1.165, 1.54) is 31.4 Å². The molecule has 26 heavy (non-hydrogen) atoms. The summed E-state index contributed by atoms with van der Waals surface area (Å²) in [5, 5.41) is 7.88. The maximum absolute atomic E-state index is 13.7. The van der Waals surface area contributed by atoms with E-state index in [4.69, 9.17) is 4.74 Å². The first-order valence-corrected chi connectivity index (χ1v) is 8.14. The number of rotatable bonds is 5. The third-order valence-electron chi connectivity index (χ3n) is 3.79. The molecule has 1 N–H and O–H groups in total. The second-order valence-corrected chi connectivity index (χ2v) is 6.04. The summed E-state index contributed by atoms with van der Waals surface area (Å²) in [5.74, 6) is -0.654. The molecule has 0 spiro atoms. The number of hydrogen-bond donors (Lipinski definition) is 1. The molecule has 0 unspecified atom stereocenters. The van der Waals surface area contributed by atoms with Crippen LogP contribution in [0.5, 0.6) is 5.75 Å². The van der Waals surface area contributed by atoms with Gasteiger partial charge in [0.05, 0.1) is 25.2 Å². The number of carbonyl (C=O) groups is 1. The lowest BCUT2D eigenvalue weighted by atomic mass is 10.2. The Morgan fingerprint density at radius 3 is 2.81 bits per heavy atom. The molecule has 0 saturated carbocycles. The van der Waals surface area contributed by atoms with Gasteiger partial charge in [0.2, 0.25) is 5.91 Å². The van der Waals surface area contributed by atoms with Crippen LogP contribution < -0.4 is 10.1 Å². The number of ether oxygens (including phenoxy) is 1. The van der Waals surface area contributed by atoms with Gasteiger partial charge in [-0.25, -0.2) is 14.1 Å². The molecular weight excluding hydrogens is 335 g/mol. The molecule has 134 valence electrons. The Bertz CT molecular complexity index is 979. The third-order valence-corrected chi connectivity index (χ3v) is 3.79. The molecule has 3 rings (SSSR count). The molecule has 0 saturated heterocycles. The molecule has 0 aliphatic rings. The number of methoxy groups -OCH3 is 1. The zero-order valence-corrected chi connectivity index (χ0v) is 14.7. The zero-order chi connectivity index (χ0) is 18.7. The van der Waals surface area contributed by atoms with Gasteiger partial charge in [-0.2, -0.15) is 5.10 Å². The lowest BCUT2D eigenvalue weighted by Crippen LogP contribution is -2.08. The van der Waals surface area contributed by atoms with E-state index in [1.54, 1.807) is 18.5 Å². The molecule has 0 bridgehead atoms. The van der Waals surface area contributed by atoms with Crippen LogP contribution in [0.15, 0.2) is 42.7 Å². The van der Waals surface area contributed by atoms with E-state index in [9.17, 15) is 9.18 Å². The van der Waals surface area contributed by atoms with E-state index >= 15 is 0 Å². The van der Waals surface area contributed by atoms with Crippen molar-refractivity contribution in [1.82, 2.24) is 14.8 Å². The highest BCUT2D eigenvalue weighted by molar-refractivity contribution is 6.02. The van der Waals surface area contributed by atoms with Crippen molar-refractivity contribution in [3.63, 3.8) is 0 Å². The Labute approximate surface area is 150 Å². The lowest BCUT2D eigenvalue weighted by Gasteiger charge is -2.07. The Hall–Kier alpha value is -3.22. The average molecular weight is 354 g/mol. The van der Waals surface area contributed by atoms with E-state index in [0.29, 0.717) is 11.3 Å². The Kier molecular flexibility index (Phi) is 4.97. The van der Waals surface area contributed by atoms with Gasteiger partial charge in [-0.1, -0.05) is 6.07 Å². The van der Waals surface area contributed by atoms with Crippen LogP contribution in [0.2, 0.25) is 0 Å². The highest BCUT2D eigenvalue weighted by atomic mass is 19.1. The molecule has 0 aliphatic heterocycles. The molecule has 7 heteroatoms. The van der Waals surface area contributed by atoms with Crippen LogP contribution in [-0.4, -0.2) is 27.8 Å². The van der Waals surface area contributed by atoms with Gasteiger partial charge in [0.1, 0.15) is 0 Å². The summed E-state index contributed by atoms with van der Waals surface area (Å²) in [4.78, 5) is 16.4. The number of halogens is 1. The monoisotopic (exact) mass is 354 g/mol. The molecule has 0 fully saturated rings. The normalized spacial score (nSPS) is 11.4. The SMILES string of the molecule is COc1ccc(/C=C/C(=O)Nc2cnc3c(cnn3C(C)C)c2)cc1F. The van der Waals surface area contributed by atoms with Gasteiger partial charge in [-0.3, -0.25) is 4.79 Å². The standard InChI is InChI=1S/C19H19FN4O2/c1-12(2)24-19-14(10-22-24)9-15(11-21-19)23-18(25)7-5-13-4-6-17(26-3)16(20)8-13/h4-12H,1-3H3,(H,23,25)/b7-5+. The maximum Gasteiger partial charge on any atom is 0.248 e. The number of fused-ring (bicyclic) bond motifs is 1. The summed E-state index contributed by atoms with van der Waals surface area (Å²) in [6.45, 7) is 4.05. The van der Waals surface area contributed by atoms with Crippen LogP contribution in [0, 0.1) is 5.82 Å². The van der Waals surface area contributed by atoms with Crippen molar-refractivity contribution in [2.24, 2.45) is 0 Å². The predicted molar refractivity (Wildman–Crippen MR) is 98.5 cm³/mol. The molecule has 2 heterocycles. The maximum atomic E-state index is 13.7. The average Bonchev–Trinajstić information content (AvgIpc) is 3.03. The van der Waals surface area contributed by atoms with Gasteiger partial charge in [-0.15, -0.1) is 0 Å². The zero-order valence-electron chi connectivity index (χ0n) is 14.7. The number of aromatic nitrogens is 3. The first-order valence-electron chi connectivity index (χ1n) is 8.14. The second-order valence-electron chi connectivity index (χ2n) is 6.04. The van der Waals surface area contributed by atoms with Crippen molar-refractivity contribution >= 4 is 28.7 Å². The number of nitrogens with zero attached hydrogens (tertiary/aromatic N) is 3. The van der Waals surface area contributed by atoms with Crippen molar-refractivity contribution in [2.45, 2.75) is 19.9 Å². The summed E-state index contributed by atoms with van der Waals surface area (Å²) < 4.78 is 20.3. The number of benzene rings is 1. The van der Waals surface area contributed by atoms with Crippen molar-refractivity contribution < 1.29 is 13.9 Å². The van der Waals surface area contributed by atoms with Gasteiger partial charge < -0.3 is 10.1 Å². The lowest BCUT2D eigenvalue weighted by molar-refractivity contribution is -0.111. The van der Waals surface area contributed by atoms with Crippen molar-refractivity contribution in [3.05, 3.63) is 54.1 Å². The third kappa shape index (κ3) is 3.72. The van der Waals surface area contributed by atoms with Gasteiger partial charge in [0.25, 0.3) is 0 Å². The Morgan fingerprint density at radius 2 is 2.12 bits per heavy atom. The number of pyridine rings is 1. The van der Waals surface area contributed by atoms with Crippen LogP contribution in [0.3, 0.4) is 0 Å². The fraction of sp³-hybridized carbons (Fsp3) is 0.211. The van der Waals surface area contributed by atoms with Crippen molar-refractivity contribution in [2.75, 3.05) is 12.4 Å². The largest absolute Gasteiger partial charge is 0.494 e. The number of carbonyl (C=O) groups excluding carboxylic acids is 1. The minimum absolute atomic E-state index is 0.160. The summed E-state index contributed by atoms with van der Waals surface area (Å²) >= 11 is 0. The van der Waals surface area contributed by atoms with Crippen LogP contribution in [-0.2, 0) is 4.79 Å². The van der Waals surface area contributed by atoms with E-state index in [0.717, 1.165) is 11.0 Å². The molecule has 1 aromatic carbocycles. The van der Waals surface area contributed by atoms with Crippen LogP contribution in [0.1, 0.15) is 25.5 Å². The second kappa shape index (κ2) is 7.35. The van der Waals surface area contributed by atoms with Crippen molar-refractivity contribution in [1.29, 1.82) is 0 Å². The quantitative estimate of drug-likeness (QED) is 0.708. The Balaban J connectivity index is 1.71. The van der Waals surface area contributed by atoms with E-state index in [2.05, 4.69) is 15.4 Å². The van der Waals surface area contributed by atoms with Gasteiger partial charge >= 0.3 is 0 Å².